The van der Waals surface area contributed by atoms with Gasteiger partial charge in [-0.2, -0.15) is 9.50 Å². The second-order valence-corrected chi connectivity index (χ2v) is 5.25. The van der Waals surface area contributed by atoms with Gasteiger partial charge in [0, 0.05) is 6.07 Å². The van der Waals surface area contributed by atoms with Crippen molar-refractivity contribution < 1.29 is 4.79 Å². The van der Waals surface area contributed by atoms with E-state index >= 15 is 0 Å². The highest BCUT2D eigenvalue weighted by molar-refractivity contribution is 5.90. The number of rotatable bonds is 5. The summed E-state index contributed by atoms with van der Waals surface area (Å²) >= 11 is 0. The molecule has 1 amide bonds. The first-order valence-corrected chi connectivity index (χ1v) is 7.48. The zero-order valence-corrected chi connectivity index (χ0v) is 12.7. The summed E-state index contributed by atoms with van der Waals surface area (Å²) in [5, 5.41) is 5.40. The van der Waals surface area contributed by atoms with Gasteiger partial charge >= 0.3 is 0 Å². The Hall–Kier alpha value is -2.96. The summed E-state index contributed by atoms with van der Waals surface area (Å²) in [6, 6.07) is 10.9. The molecule has 7 heteroatoms. The molecule has 0 saturated heterocycles. The first-order valence-electron chi connectivity index (χ1n) is 7.48. The minimum absolute atomic E-state index is 0.211. The number of nitrogens with zero attached hydrogens (tertiary/aromatic N) is 3. The third kappa shape index (κ3) is 3.45. The van der Waals surface area contributed by atoms with Crippen molar-refractivity contribution in [2.45, 2.75) is 26.2 Å². The van der Waals surface area contributed by atoms with Gasteiger partial charge in [0.1, 0.15) is 0 Å². The van der Waals surface area contributed by atoms with Crippen molar-refractivity contribution in [1.29, 1.82) is 0 Å². The van der Waals surface area contributed by atoms with E-state index < -0.39 is 0 Å². The van der Waals surface area contributed by atoms with E-state index in [1.165, 1.54) is 10.6 Å². The van der Waals surface area contributed by atoms with E-state index in [0.717, 1.165) is 12.0 Å². The predicted molar refractivity (Wildman–Crippen MR) is 86.4 cm³/mol. The number of amides is 1. The molecule has 7 nitrogen and oxygen atoms in total. The van der Waals surface area contributed by atoms with Gasteiger partial charge in [-0.15, -0.1) is 0 Å². The number of aryl methyl sites for hydroxylation is 1. The van der Waals surface area contributed by atoms with E-state index in [1.54, 1.807) is 0 Å². The minimum atomic E-state index is -0.241. The van der Waals surface area contributed by atoms with Gasteiger partial charge in [-0.1, -0.05) is 43.7 Å². The number of carbonyl (C=O) groups excluding carboxylic acids is 1. The van der Waals surface area contributed by atoms with E-state index in [1.807, 2.05) is 37.3 Å². The van der Waals surface area contributed by atoms with Crippen LogP contribution in [0.5, 0.6) is 0 Å². The molecule has 0 atom stereocenters. The molecule has 0 radical (unpaired) electrons. The number of hydrogen-bond donors (Lipinski definition) is 2. The van der Waals surface area contributed by atoms with Gasteiger partial charge in [0.25, 0.3) is 11.3 Å². The second kappa shape index (κ2) is 6.43. The van der Waals surface area contributed by atoms with Crippen LogP contribution in [0.4, 0.5) is 5.95 Å². The lowest BCUT2D eigenvalue weighted by Gasteiger charge is -2.01. The largest absolute Gasteiger partial charge is 0.295 e. The quantitative estimate of drug-likeness (QED) is 0.748. The molecule has 0 saturated carbocycles. The van der Waals surface area contributed by atoms with Crippen molar-refractivity contribution in [2.24, 2.45) is 0 Å². The third-order valence-electron chi connectivity index (χ3n) is 3.36. The molecule has 0 unspecified atom stereocenters. The first-order chi connectivity index (χ1) is 11.2. The zero-order valence-electron chi connectivity index (χ0n) is 12.7. The van der Waals surface area contributed by atoms with Gasteiger partial charge in [0.15, 0.2) is 0 Å². The molecule has 1 aromatic carbocycles. The summed E-state index contributed by atoms with van der Waals surface area (Å²) in [6.45, 7) is 2.02. The predicted octanol–water partition coefficient (Wildman–Crippen LogP) is 1.55. The van der Waals surface area contributed by atoms with Gasteiger partial charge in [0.2, 0.25) is 11.9 Å². The van der Waals surface area contributed by atoms with Crippen LogP contribution in [-0.2, 0) is 17.6 Å². The number of benzene rings is 1. The number of H-pyrrole nitrogens is 1. The average molecular weight is 311 g/mol. The van der Waals surface area contributed by atoms with Crippen molar-refractivity contribution in [3.05, 3.63) is 58.0 Å². The van der Waals surface area contributed by atoms with Crippen molar-refractivity contribution in [3.63, 3.8) is 0 Å². The van der Waals surface area contributed by atoms with Crippen LogP contribution < -0.4 is 10.9 Å². The Morgan fingerprint density at radius 2 is 2.04 bits per heavy atom. The van der Waals surface area contributed by atoms with Crippen molar-refractivity contribution in [3.8, 4) is 0 Å². The van der Waals surface area contributed by atoms with E-state index in [2.05, 4.69) is 20.4 Å². The minimum Gasteiger partial charge on any atom is -0.295 e. The van der Waals surface area contributed by atoms with Gasteiger partial charge in [0.05, 0.1) is 12.1 Å². The molecule has 2 heterocycles. The van der Waals surface area contributed by atoms with E-state index in [9.17, 15) is 9.59 Å². The Morgan fingerprint density at radius 3 is 2.78 bits per heavy atom. The highest BCUT2D eigenvalue weighted by Gasteiger charge is 2.10. The maximum absolute atomic E-state index is 12.0. The summed E-state index contributed by atoms with van der Waals surface area (Å²) in [6.07, 6.45) is 1.85. The van der Waals surface area contributed by atoms with Gasteiger partial charge in [-0.3, -0.25) is 20.0 Å². The van der Waals surface area contributed by atoms with Gasteiger partial charge in [-0.25, -0.2) is 4.98 Å². The number of anilines is 1. The van der Waals surface area contributed by atoms with E-state index in [4.69, 9.17) is 0 Å². The van der Waals surface area contributed by atoms with Crippen LogP contribution in [0.25, 0.3) is 5.78 Å². The van der Waals surface area contributed by atoms with Crippen LogP contribution in [0, 0.1) is 0 Å². The maximum Gasteiger partial charge on any atom is 0.274 e. The smallest absolute Gasteiger partial charge is 0.274 e. The Kier molecular flexibility index (Phi) is 4.18. The maximum atomic E-state index is 12.0. The number of hydrogen-bond acceptors (Lipinski definition) is 4. The number of carbonyl (C=O) groups is 1. The highest BCUT2D eigenvalue weighted by atomic mass is 16.2. The highest BCUT2D eigenvalue weighted by Crippen LogP contribution is 2.05. The summed E-state index contributed by atoms with van der Waals surface area (Å²) < 4.78 is 1.22. The SMILES string of the molecule is CCCc1cc(=O)n2[nH]c(NC(=O)Cc3ccccc3)nc2n1. The first kappa shape index (κ1) is 15.0. The lowest BCUT2D eigenvalue weighted by molar-refractivity contribution is -0.115. The third-order valence-corrected chi connectivity index (χ3v) is 3.36. The summed E-state index contributed by atoms with van der Waals surface area (Å²) in [4.78, 5) is 32.5. The van der Waals surface area contributed by atoms with Crippen LogP contribution in [-0.4, -0.2) is 25.5 Å². The van der Waals surface area contributed by atoms with Crippen LogP contribution >= 0.6 is 0 Å². The van der Waals surface area contributed by atoms with Crippen molar-refractivity contribution in [2.75, 3.05) is 5.32 Å². The summed E-state index contributed by atoms with van der Waals surface area (Å²) in [7, 11) is 0. The van der Waals surface area contributed by atoms with E-state index in [-0.39, 0.29) is 29.6 Å². The monoisotopic (exact) mass is 311 g/mol. The normalized spacial score (nSPS) is 10.8. The Balaban J connectivity index is 1.79. The standard InChI is InChI=1S/C16H17N5O2/c1-2-6-12-10-14(23)21-16(17-12)19-15(20-21)18-13(22)9-11-7-4-3-5-8-11/h3-5,7-8,10H,2,6,9H2,1H3,(H2,17,18,19,20,22). The molecule has 0 bridgehead atoms. The molecular formula is C16H17N5O2. The van der Waals surface area contributed by atoms with Crippen LogP contribution in [0.1, 0.15) is 24.6 Å². The molecule has 2 aromatic heterocycles. The van der Waals surface area contributed by atoms with Crippen LogP contribution in [0.3, 0.4) is 0 Å². The van der Waals surface area contributed by atoms with E-state index in [0.29, 0.717) is 12.1 Å². The summed E-state index contributed by atoms with van der Waals surface area (Å²) in [5.41, 5.74) is 1.36. The Bertz CT molecular complexity index is 882. The van der Waals surface area contributed by atoms with Crippen molar-refractivity contribution >= 4 is 17.6 Å². The fraction of sp³-hybridized carbons (Fsp3) is 0.250. The zero-order chi connectivity index (χ0) is 16.2. The fourth-order valence-electron chi connectivity index (χ4n) is 2.32. The average Bonchev–Trinajstić information content (AvgIpc) is 2.91. The number of aromatic amines is 1. The number of nitrogens with one attached hydrogen (secondary N) is 2. The molecule has 0 aliphatic rings. The lowest BCUT2D eigenvalue weighted by Crippen LogP contribution is -2.17. The molecule has 23 heavy (non-hydrogen) atoms. The molecule has 118 valence electrons. The molecule has 3 rings (SSSR count). The molecule has 2 N–H and O–H groups in total. The topological polar surface area (TPSA) is 92.2 Å². The molecule has 0 aliphatic heterocycles. The molecule has 0 spiro atoms. The number of fused-ring (bicyclic) bond motifs is 1. The lowest BCUT2D eigenvalue weighted by atomic mass is 10.1. The van der Waals surface area contributed by atoms with Crippen LogP contribution in [0.2, 0.25) is 0 Å². The van der Waals surface area contributed by atoms with Crippen LogP contribution in [0.15, 0.2) is 41.2 Å². The van der Waals surface area contributed by atoms with Gasteiger partial charge < -0.3 is 0 Å². The molecule has 0 aliphatic carbocycles. The fourth-order valence-corrected chi connectivity index (χ4v) is 2.32. The Labute approximate surface area is 132 Å². The van der Waals surface area contributed by atoms with Crippen molar-refractivity contribution in [1.82, 2.24) is 19.6 Å². The molecule has 0 fully saturated rings. The second-order valence-electron chi connectivity index (χ2n) is 5.25. The molecule has 3 aromatic rings. The molecular weight excluding hydrogens is 294 g/mol. The number of aromatic nitrogens is 4. The Morgan fingerprint density at radius 1 is 1.26 bits per heavy atom. The summed E-state index contributed by atoms with van der Waals surface area (Å²) in [5.74, 6) is 0.261. The van der Waals surface area contributed by atoms with Gasteiger partial charge in [-0.05, 0) is 12.0 Å².